The molecule has 6 nitrogen and oxygen atoms in total. The SMILES string of the molecule is CCCCCCCCC=CCCCCCCCC(=O)OC1CCN(C(=O)CCCCCCCC=CCCCCCCCC)[C@@H]1C(=O)O. The van der Waals surface area contributed by atoms with Crippen molar-refractivity contribution >= 4 is 17.8 Å². The summed E-state index contributed by atoms with van der Waals surface area (Å²) in [6, 6.07) is -1.07. The largest absolute Gasteiger partial charge is 0.480 e. The maximum Gasteiger partial charge on any atom is 0.330 e. The van der Waals surface area contributed by atoms with E-state index in [0.717, 1.165) is 64.2 Å². The Morgan fingerprint density at radius 1 is 0.574 bits per heavy atom. The van der Waals surface area contributed by atoms with Gasteiger partial charge in [0.15, 0.2) is 6.04 Å². The van der Waals surface area contributed by atoms with E-state index in [0.29, 0.717) is 25.8 Å². The standard InChI is InChI=1S/C41H73NO5/c1-3-5-7-9-11-13-15-17-19-21-23-25-27-29-31-33-38(43)42-36-35-37(40(42)41(45)46)47-39(44)34-32-30-28-26-24-22-20-18-16-14-12-10-8-6-4-2/h17-20,37,40H,3-16,21-36H2,1-2H3,(H,45,46)/t37?,40-/m0/s1. The van der Waals surface area contributed by atoms with E-state index in [1.54, 1.807) is 0 Å². The normalized spacial score (nSPS) is 16.5. The summed E-state index contributed by atoms with van der Waals surface area (Å²) in [6.45, 7) is 4.85. The summed E-state index contributed by atoms with van der Waals surface area (Å²) in [5, 5.41) is 9.84. The van der Waals surface area contributed by atoms with Gasteiger partial charge in [-0.15, -0.1) is 0 Å². The second-order valence-electron chi connectivity index (χ2n) is 13.9. The first-order valence-corrected chi connectivity index (χ1v) is 20.0. The lowest BCUT2D eigenvalue weighted by Gasteiger charge is -2.24. The molecule has 6 heteroatoms. The predicted molar refractivity (Wildman–Crippen MR) is 197 cm³/mol. The second-order valence-corrected chi connectivity index (χ2v) is 13.9. The van der Waals surface area contributed by atoms with Crippen LogP contribution in [-0.2, 0) is 19.1 Å². The number of allylic oxidation sites excluding steroid dienone is 4. The van der Waals surface area contributed by atoms with Gasteiger partial charge in [0.25, 0.3) is 0 Å². The van der Waals surface area contributed by atoms with Crippen LogP contribution in [0.2, 0.25) is 0 Å². The summed E-state index contributed by atoms with van der Waals surface area (Å²) in [6.07, 6.45) is 40.7. The van der Waals surface area contributed by atoms with Crippen molar-refractivity contribution in [2.75, 3.05) is 6.54 Å². The van der Waals surface area contributed by atoms with Gasteiger partial charge in [-0.3, -0.25) is 9.59 Å². The third-order valence-electron chi connectivity index (χ3n) is 9.49. The number of hydrogen-bond acceptors (Lipinski definition) is 4. The molecule has 0 spiro atoms. The molecule has 272 valence electrons. The number of carbonyl (C=O) groups excluding carboxylic acids is 2. The van der Waals surface area contributed by atoms with E-state index >= 15 is 0 Å². The zero-order valence-corrected chi connectivity index (χ0v) is 30.7. The number of ether oxygens (including phenoxy) is 1. The number of rotatable bonds is 32. The molecular weight excluding hydrogens is 586 g/mol. The van der Waals surface area contributed by atoms with Crippen molar-refractivity contribution in [1.29, 1.82) is 0 Å². The van der Waals surface area contributed by atoms with Gasteiger partial charge in [-0.05, 0) is 64.2 Å². The molecule has 0 radical (unpaired) electrons. The van der Waals surface area contributed by atoms with E-state index in [9.17, 15) is 19.5 Å². The zero-order valence-electron chi connectivity index (χ0n) is 30.7. The molecule has 0 aromatic heterocycles. The first kappa shape index (κ1) is 42.9. The molecule has 1 unspecified atom stereocenters. The molecule has 2 atom stereocenters. The van der Waals surface area contributed by atoms with Gasteiger partial charge in [-0.2, -0.15) is 0 Å². The third-order valence-corrected chi connectivity index (χ3v) is 9.49. The first-order chi connectivity index (χ1) is 23.0. The van der Waals surface area contributed by atoms with Crippen LogP contribution in [0.25, 0.3) is 0 Å². The molecule has 0 saturated carbocycles. The van der Waals surface area contributed by atoms with Crippen LogP contribution in [0.4, 0.5) is 0 Å². The van der Waals surface area contributed by atoms with Gasteiger partial charge in [0, 0.05) is 25.8 Å². The molecule has 1 amide bonds. The highest BCUT2D eigenvalue weighted by Gasteiger charge is 2.43. The number of carbonyl (C=O) groups is 3. The molecular formula is C41H73NO5. The van der Waals surface area contributed by atoms with Gasteiger partial charge in [0.1, 0.15) is 6.10 Å². The maximum absolute atomic E-state index is 12.9. The molecule has 1 N–H and O–H groups in total. The molecule has 1 rings (SSSR count). The number of unbranched alkanes of at least 4 members (excludes halogenated alkanes) is 22. The number of amides is 1. The lowest BCUT2D eigenvalue weighted by molar-refractivity contribution is -0.159. The Balaban J connectivity index is 2.09. The second kappa shape index (κ2) is 31.2. The zero-order chi connectivity index (χ0) is 34.2. The van der Waals surface area contributed by atoms with Crippen LogP contribution in [-0.4, -0.2) is 46.5 Å². The highest BCUT2D eigenvalue weighted by atomic mass is 16.5. The van der Waals surface area contributed by atoms with E-state index in [1.807, 2.05) is 0 Å². The van der Waals surface area contributed by atoms with Gasteiger partial charge in [-0.1, -0.05) is 141 Å². The van der Waals surface area contributed by atoms with Crippen LogP contribution in [0.3, 0.4) is 0 Å². The number of likely N-dealkylation sites (tertiary alicyclic amines) is 1. The van der Waals surface area contributed by atoms with Crippen molar-refractivity contribution in [2.45, 2.75) is 212 Å². The summed E-state index contributed by atoms with van der Waals surface area (Å²) in [5.74, 6) is -1.56. The predicted octanol–water partition coefficient (Wildman–Crippen LogP) is 11.7. The number of aliphatic carboxylic acids is 1. The Morgan fingerprint density at radius 2 is 0.957 bits per heavy atom. The quantitative estimate of drug-likeness (QED) is 0.0441. The number of carboxylic acid groups (broad SMARTS) is 1. The molecule has 1 aliphatic heterocycles. The summed E-state index contributed by atoms with van der Waals surface area (Å²) < 4.78 is 5.59. The highest BCUT2D eigenvalue weighted by molar-refractivity contribution is 5.85. The fourth-order valence-corrected chi connectivity index (χ4v) is 6.52. The summed E-state index contributed by atoms with van der Waals surface area (Å²) in [4.78, 5) is 38.8. The minimum absolute atomic E-state index is 0.133. The summed E-state index contributed by atoms with van der Waals surface area (Å²) in [7, 11) is 0. The topological polar surface area (TPSA) is 83.9 Å². The lowest BCUT2D eigenvalue weighted by atomic mass is 10.1. The van der Waals surface area contributed by atoms with Crippen molar-refractivity contribution in [1.82, 2.24) is 4.90 Å². The van der Waals surface area contributed by atoms with Crippen molar-refractivity contribution in [3.63, 3.8) is 0 Å². The number of nitrogens with zero attached hydrogens (tertiary/aromatic N) is 1. The average Bonchev–Trinajstić information content (AvgIpc) is 3.48. The van der Waals surface area contributed by atoms with Gasteiger partial charge in [0.2, 0.25) is 5.91 Å². The smallest absolute Gasteiger partial charge is 0.330 e. The fourth-order valence-electron chi connectivity index (χ4n) is 6.52. The van der Waals surface area contributed by atoms with E-state index in [1.165, 1.54) is 108 Å². The van der Waals surface area contributed by atoms with Crippen LogP contribution in [0, 0.1) is 0 Å². The van der Waals surface area contributed by atoms with Crippen LogP contribution < -0.4 is 0 Å². The monoisotopic (exact) mass is 660 g/mol. The maximum atomic E-state index is 12.9. The Kier molecular flexibility index (Phi) is 28.5. The molecule has 0 aromatic carbocycles. The Labute approximate surface area is 289 Å². The molecule has 1 aliphatic rings. The Hall–Kier alpha value is -2.11. The average molecular weight is 660 g/mol. The van der Waals surface area contributed by atoms with Crippen LogP contribution in [0.15, 0.2) is 24.3 Å². The number of carboxylic acids is 1. The van der Waals surface area contributed by atoms with Crippen LogP contribution in [0.1, 0.15) is 200 Å². The van der Waals surface area contributed by atoms with Crippen molar-refractivity contribution in [3.8, 4) is 0 Å². The highest BCUT2D eigenvalue weighted by Crippen LogP contribution is 2.24. The number of hydrogen-bond donors (Lipinski definition) is 1. The van der Waals surface area contributed by atoms with Gasteiger partial charge in [-0.25, -0.2) is 4.79 Å². The van der Waals surface area contributed by atoms with Gasteiger partial charge < -0.3 is 14.7 Å². The number of esters is 1. The fraction of sp³-hybridized carbons (Fsp3) is 0.829. The van der Waals surface area contributed by atoms with Crippen LogP contribution >= 0.6 is 0 Å². The molecule has 1 heterocycles. The third kappa shape index (κ3) is 23.8. The van der Waals surface area contributed by atoms with Crippen LogP contribution in [0.5, 0.6) is 0 Å². The molecule has 0 aliphatic carbocycles. The molecule has 47 heavy (non-hydrogen) atoms. The van der Waals surface area contributed by atoms with Crippen molar-refractivity contribution in [2.24, 2.45) is 0 Å². The minimum atomic E-state index is -1.08. The first-order valence-electron chi connectivity index (χ1n) is 20.0. The van der Waals surface area contributed by atoms with E-state index < -0.39 is 18.1 Å². The van der Waals surface area contributed by atoms with E-state index in [-0.39, 0.29) is 11.9 Å². The van der Waals surface area contributed by atoms with E-state index in [2.05, 4.69) is 38.2 Å². The lowest BCUT2D eigenvalue weighted by Crippen LogP contribution is -2.46. The van der Waals surface area contributed by atoms with Gasteiger partial charge >= 0.3 is 11.9 Å². The molecule has 0 aromatic rings. The Morgan fingerprint density at radius 3 is 1.38 bits per heavy atom. The summed E-state index contributed by atoms with van der Waals surface area (Å²) >= 11 is 0. The van der Waals surface area contributed by atoms with E-state index in [4.69, 9.17) is 4.74 Å². The molecule has 1 saturated heterocycles. The molecule has 0 bridgehead atoms. The Bertz CT molecular complexity index is 838. The minimum Gasteiger partial charge on any atom is -0.480 e. The van der Waals surface area contributed by atoms with Gasteiger partial charge in [0.05, 0.1) is 0 Å². The van der Waals surface area contributed by atoms with Crippen molar-refractivity contribution in [3.05, 3.63) is 24.3 Å². The molecule has 1 fully saturated rings. The summed E-state index contributed by atoms with van der Waals surface area (Å²) in [5.41, 5.74) is 0. The van der Waals surface area contributed by atoms with Crippen molar-refractivity contribution < 1.29 is 24.2 Å².